The van der Waals surface area contributed by atoms with E-state index in [9.17, 15) is 14.0 Å². The van der Waals surface area contributed by atoms with E-state index in [0.29, 0.717) is 13.1 Å². The molecule has 0 spiro atoms. The molecule has 1 aliphatic rings. The van der Waals surface area contributed by atoms with E-state index in [1.807, 2.05) is 24.3 Å². The third-order valence-electron chi connectivity index (χ3n) is 2.97. The minimum Gasteiger partial charge on any atom is -0.343 e. The van der Waals surface area contributed by atoms with Crippen LogP contribution in [0.25, 0.3) is 0 Å². The number of hydrogen-bond acceptors (Lipinski definition) is 2. The summed E-state index contributed by atoms with van der Waals surface area (Å²) in [7, 11) is 0. The van der Waals surface area contributed by atoms with Crippen LogP contribution < -0.4 is 5.32 Å². The van der Waals surface area contributed by atoms with Crippen molar-refractivity contribution in [3.63, 3.8) is 0 Å². The molecule has 1 N–H and O–H groups in total. The molecule has 0 unspecified atom stereocenters. The van der Waals surface area contributed by atoms with Gasteiger partial charge in [-0.15, -0.1) is 0 Å². The van der Waals surface area contributed by atoms with Crippen LogP contribution in [0.5, 0.6) is 0 Å². The Hall–Kier alpha value is -2.17. The topological polar surface area (TPSA) is 49.4 Å². The molecule has 0 atom stereocenters. The molecular weight excluding hydrogens is 247 g/mol. The fourth-order valence-electron chi connectivity index (χ4n) is 1.99. The zero-order valence-electron chi connectivity index (χ0n) is 10.4. The number of hydrogen-bond donors (Lipinski definition) is 1. The third kappa shape index (κ3) is 3.40. The molecule has 1 aliphatic heterocycles. The molecule has 0 radical (unpaired) electrons. The SMILES string of the molecule is O=C(/C=C/CF)NCC(=O)N1Cc2ccccc2C1. The summed E-state index contributed by atoms with van der Waals surface area (Å²) >= 11 is 0. The van der Waals surface area contributed by atoms with Gasteiger partial charge in [0.05, 0.1) is 6.54 Å². The maximum Gasteiger partial charge on any atom is 0.244 e. The normalized spacial score (nSPS) is 13.6. The Balaban J connectivity index is 1.83. The number of carbonyl (C=O) groups excluding carboxylic acids is 2. The zero-order valence-corrected chi connectivity index (χ0v) is 10.4. The molecular formula is C14H15FN2O2. The first kappa shape index (κ1) is 13.3. The fourth-order valence-corrected chi connectivity index (χ4v) is 1.99. The van der Waals surface area contributed by atoms with Crippen LogP contribution in [-0.4, -0.2) is 29.9 Å². The first-order valence-electron chi connectivity index (χ1n) is 6.05. The average Bonchev–Trinajstić information content (AvgIpc) is 2.86. The van der Waals surface area contributed by atoms with Gasteiger partial charge in [-0.1, -0.05) is 24.3 Å². The van der Waals surface area contributed by atoms with Crippen molar-refractivity contribution >= 4 is 11.8 Å². The molecule has 2 amide bonds. The number of amides is 2. The third-order valence-corrected chi connectivity index (χ3v) is 2.97. The molecule has 0 saturated heterocycles. The van der Waals surface area contributed by atoms with Crippen LogP contribution in [0.4, 0.5) is 4.39 Å². The monoisotopic (exact) mass is 262 g/mol. The maximum absolute atomic E-state index is 11.9. The number of alkyl halides is 1. The average molecular weight is 262 g/mol. The summed E-state index contributed by atoms with van der Waals surface area (Å²) in [5, 5.41) is 2.44. The number of nitrogens with zero attached hydrogens (tertiary/aromatic N) is 1. The first-order valence-corrected chi connectivity index (χ1v) is 6.05. The lowest BCUT2D eigenvalue weighted by atomic mass is 10.1. The van der Waals surface area contributed by atoms with Gasteiger partial charge in [-0.25, -0.2) is 4.39 Å². The molecule has 0 fully saturated rings. The number of benzene rings is 1. The molecule has 0 bridgehead atoms. The Morgan fingerprint density at radius 2 is 1.89 bits per heavy atom. The van der Waals surface area contributed by atoms with Gasteiger partial charge in [0.1, 0.15) is 6.67 Å². The Bertz CT molecular complexity index is 489. The number of halogens is 1. The predicted octanol–water partition coefficient (Wildman–Crippen LogP) is 1.17. The van der Waals surface area contributed by atoms with Gasteiger partial charge in [0, 0.05) is 19.2 Å². The number of allylic oxidation sites excluding steroid dienone is 1. The van der Waals surface area contributed by atoms with E-state index in [1.165, 1.54) is 0 Å². The number of carbonyl (C=O) groups is 2. The van der Waals surface area contributed by atoms with Crippen LogP contribution in [0.1, 0.15) is 11.1 Å². The van der Waals surface area contributed by atoms with Gasteiger partial charge in [-0.2, -0.15) is 0 Å². The number of rotatable bonds is 4. The number of nitrogens with one attached hydrogen (secondary N) is 1. The van der Waals surface area contributed by atoms with Crippen LogP contribution in [-0.2, 0) is 22.7 Å². The van der Waals surface area contributed by atoms with Gasteiger partial charge in [0.15, 0.2) is 0 Å². The van der Waals surface area contributed by atoms with E-state index >= 15 is 0 Å². The summed E-state index contributed by atoms with van der Waals surface area (Å²) in [5.74, 6) is -0.596. The maximum atomic E-state index is 11.9. The first-order chi connectivity index (χ1) is 9.20. The summed E-state index contributed by atoms with van der Waals surface area (Å²) in [6, 6.07) is 7.86. The minimum atomic E-state index is -0.692. The highest BCUT2D eigenvalue weighted by atomic mass is 19.1. The van der Waals surface area contributed by atoms with Crippen molar-refractivity contribution in [2.45, 2.75) is 13.1 Å². The Morgan fingerprint density at radius 1 is 1.26 bits per heavy atom. The highest BCUT2D eigenvalue weighted by Gasteiger charge is 2.22. The van der Waals surface area contributed by atoms with Crippen LogP contribution in [0.3, 0.4) is 0 Å². The van der Waals surface area contributed by atoms with Crippen LogP contribution in [0, 0.1) is 0 Å². The summed E-state index contributed by atoms with van der Waals surface area (Å²) in [5.41, 5.74) is 2.28. The van der Waals surface area contributed by atoms with Crippen LogP contribution >= 0.6 is 0 Å². The second-order valence-corrected chi connectivity index (χ2v) is 4.29. The van der Waals surface area contributed by atoms with Gasteiger partial charge < -0.3 is 10.2 Å². The Labute approximate surface area is 110 Å². The predicted molar refractivity (Wildman–Crippen MR) is 68.8 cm³/mol. The van der Waals surface area contributed by atoms with Crippen molar-refractivity contribution in [3.05, 3.63) is 47.5 Å². The fraction of sp³-hybridized carbons (Fsp3) is 0.286. The smallest absolute Gasteiger partial charge is 0.244 e. The van der Waals surface area contributed by atoms with Crippen LogP contribution in [0.15, 0.2) is 36.4 Å². The van der Waals surface area contributed by atoms with Gasteiger partial charge >= 0.3 is 0 Å². The zero-order chi connectivity index (χ0) is 13.7. The summed E-state index contributed by atoms with van der Waals surface area (Å²) < 4.78 is 11.8. The molecule has 0 aromatic heterocycles. The summed E-state index contributed by atoms with van der Waals surface area (Å²) in [6.07, 6.45) is 2.19. The van der Waals surface area contributed by atoms with Crippen molar-refractivity contribution < 1.29 is 14.0 Å². The van der Waals surface area contributed by atoms with Crippen molar-refractivity contribution in [2.75, 3.05) is 13.2 Å². The van der Waals surface area contributed by atoms with Crippen molar-refractivity contribution in [1.29, 1.82) is 0 Å². The molecule has 2 rings (SSSR count). The largest absolute Gasteiger partial charge is 0.343 e. The van der Waals surface area contributed by atoms with Crippen molar-refractivity contribution in [2.24, 2.45) is 0 Å². The molecule has 19 heavy (non-hydrogen) atoms. The number of fused-ring (bicyclic) bond motifs is 1. The van der Waals surface area contributed by atoms with E-state index in [-0.39, 0.29) is 12.5 Å². The second kappa shape index (κ2) is 6.13. The van der Waals surface area contributed by atoms with Crippen molar-refractivity contribution in [1.82, 2.24) is 10.2 Å². The standard InChI is InChI=1S/C14H15FN2O2/c15-7-3-6-13(18)16-8-14(19)17-9-11-4-1-2-5-12(11)10-17/h1-6H,7-10H2,(H,16,18)/b6-3+. The molecule has 5 heteroatoms. The van der Waals surface area contributed by atoms with E-state index in [1.54, 1.807) is 4.90 Å². The molecule has 100 valence electrons. The second-order valence-electron chi connectivity index (χ2n) is 4.29. The van der Waals surface area contributed by atoms with E-state index < -0.39 is 12.6 Å². The molecule has 1 aromatic rings. The highest BCUT2D eigenvalue weighted by Crippen LogP contribution is 2.21. The van der Waals surface area contributed by atoms with E-state index in [4.69, 9.17) is 0 Å². The van der Waals surface area contributed by atoms with Crippen LogP contribution in [0.2, 0.25) is 0 Å². The van der Waals surface area contributed by atoms with Gasteiger partial charge in [0.2, 0.25) is 11.8 Å². The van der Waals surface area contributed by atoms with Gasteiger partial charge in [-0.3, -0.25) is 9.59 Å². The highest BCUT2D eigenvalue weighted by molar-refractivity contribution is 5.91. The summed E-state index contributed by atoms with van der Waals surface area (Å²) in [4.78, 5) is 24.8. The van der Waals surface area contributed by atoms with Crippen molar-refractivity contribution in [3.8, 4) is 0 Å². The lowest BCUT2D eigenvalue weighted by Crippen LogP contribution is -2.36. The lowest BCUT2D eigenvalue weighted by Gasteiger charge is -2.15. The van der Waals surface area contributed by atoms with Gasteiger partial charge in [0.25, 0.3) is 0 Å². The Kier molecular flexibility index (Phi) is 4.28. The lowest BCUT2D eigenvalue weighted by molar-refractivity contribution is -0.132. The minimum absolute atomic E-state index is 0.0660. The quantitative estimate of drug-likeness (QED) is 0.828. The molecule has 1 aromatic carbocycles. The van der Waals surface area contributed by atoms with Gasteiger partial charge in [-0.05, 0) is 17.2 Å². The summed E-state index contributed by atoms with van der Waals surface area (Å²) in [6.45, 7) is 0.392. The molecule has 0 saturated carbocycles. The molecule has 0 aliphatic carbocycles. The molecule has 4 nitrogen and oxygen atoms in total. The van der Waals surface area contributed by atoms with E-state index in [2.05, 4.69) is 5.32 Å². The van der Waals surface area contributed by atoms with E-state index in [0.717, 1.165) is 23.3 Å². The Morgan fingerprint density at radius 3 is 2.47 bits per heavy atom. The molecule has 1 heterocycles.